The third kappa shape index (κ3) is 4.39. The highest BCUT2D eigenvalue weighted by Crippen LogP contribution is 2.17. The van der Waals surface area contributed by atoms with Crippen LogP contribution < -0.4 is 10.2 Å². The first kappa shape index (κ1) is 14.0. The predicted molar refractivity (Wildman–Crippen MR) is 76.9 cm³/mol. The van der Waals surface area contributed by atoms with Gasteiger partial charge < -0.3 is 10.2 Å². The third-order valence-corrected chi connectivity index (χ3v) is 2.93. The predicted octanol–water partition coefficient (Wildman–Crippen LogP) is 3.07. The smallest absolute Gasteiger partial charge is 0.0369 e. The lowest BCUT2D eigenvalue weighted by atomic mass is 10.1. The SMILES string of the molecule is CC.CCCc1cccc(N2CCNCC2)c1. The van der Waals surface area contributed by atoms with Crippen LogP contribution in [0.5, 0.6) is 0 Å². The van der Waals surface area contributed by atoms with Gasteiger partial charge in [-0.3, -0.25) is 0 Å². The van der Waals surface area contributed by atoms with Crippen LogP contribution in [-0.4, -0.2) is 26.2 Å². The van der Waals surface area contributed by atoms with Crippen LogP contribution in [0.2, 0.25) is 0 Å². The van der Waals surface area contributed by atoms with Gasteiger partial charge in [0.1, 0.15) is 0 Å². The molecule has 0 saturated carbocycles. The van der Waals surface area contributed by atoms with E-state index in [0.717, 1.165) is 26.2 Å². The summed E-state index contributed by atoms with van der Waals surface area (Å²) in [7, 11) is 0. The van der Waals surface area contributed by atoms with Crippen molar-refractivity contribution in [2.45, 2.75) is 33.6 Å². The molecule has 0 amide bonds. The first-order valence-corrected chi connectivity index (χ1v) is 6.95. The number of benzene rings is 1. The highest BCUT2D eigenvalue weighted by molar-refractivity contribution is 5.49. The number of nitrogens with zero attached hydrogens (tertiary/aromatic N) is 1. The number of piperazine rings is 1. The first-order valence-electron chi connectivity index (χ1n) is 6.95. The highest BCUT2D eigenvalue weighted by atomic mass is 15.2. The van der Waals surface area contributed by atoms with Gasteiger partial charge in [0.2, 0.25) is 0 Å². The van der Waals surface area contributed by atoms with Gasteiger partial charge in [0.25, 0.3) is 0 Å². The lowest BCUT2D eigenvalue weighted by Crippen LogP contribution is -2.43. The van der Waals surface area contributed by atoms with Gasteiger partial charge in [0.15, 0.2) is 0 Å². The molecule has 0 radical (unpaired) electrons. The summed E-state index contributed by atoms with van der Waals surface area (Å²) in [4.78, 5) is 2.47. The van der Waals surface area contributed by atoms with Crippen molar-refractivity contribution >= 4 is 5.69 Å². The molecule has 2 nitrogen and oxygen atoms in total. The molecule has 0 atom stereocenters. The number of rotatable bonds is 3. The second kappa shape index (κ2) is 8.13. The Balaban J connectivity index is 0.000000686. The monoisotopic (exact) mass is 234 g/mol. The first-order chi connectivity index (χ1) is 8.40. The molecular weight excluding hydrogens is 208 g/mol. The Kier molecular flexibility index (Phi) is 6.71. The normalized spacial score (nSPS) is 15.1. The van der Waals surface area contributed by atoms with Gasteiger partial charge in [-0.05, 0) is 24.1 Å². The van der Waals surface area contributed by atoms with Gasteiger partial charge in [-0.25, -0.2) is 0 Å². The van der Waals surface area contributed by atoms with Crippen LogP contribution in [0.3, 0.4) is 0 Å². The zero-order valence-electron chi connectivity index (χ0n) is 11.5. The van der Waals surface area contributed by atoms with Crippen LogP contribution in [0, 0.1) is 0 Å². The maximum atomic E-state index is 3.38. The molecule has 0 aliphatic carbocycles. The second-order valence-corrected chi connectivity index (χ2v) is 4.16. The lowest BCUT2D eigenvalue weighted by Gasteiger charge is -2.29. The molecule has 0 spiro atoms. The summed E-state index contributed by atoms with van der Waals surface area (Å²) in [5.74, 6) is 0. The van der Waals surface area contributed by atoms with Crippen molar-refractivity contribution in [1.82, 2.24) is 5.32 Å². The Morgan fingerprint density at radius 2 is 1.88 bits per heavy atom. The van der Waals surface area contributed by atoms with Crippen molar-refractivity contribution in [3.63, 3.8) is 0 Å². The molecule has 1 fully saturated rings. The molecule has 1 N–H and O–H groups in total. The molecule has 1 aromatic carbocycles. The summed E-state index contributed by atoms with van der Waals surface area (Å²) >= 11 is 0. The minimum absolute atomic E-state index is 1.11. The van der Waals surface area contributed by atoms with Crippen molar-refractivity contribution < 1.29 is 0 Å². The van der Waals surface area contributed by atoms with E-state index in [1.807, 2.05) is 13.8 Å². The molecule has 17 heavy (non-hydrogen) atoms. The molecule has 1 aromatic rings. The van der Waals surface area contributed by atoms with Crippen LogP contribution in [-0.2, 0) is 6.42 Å². The number of hydrogen-bond donors (Lipinski definition) is 1. The minimum Gasteiger partial charge on any atom is -0.369 e. The van der Waals surface area contributed by atoms with E-state index in [1.165, 1.54) is 24.1 Å². The Hall–Kier alpha value is -1.02. The Morgan fingerprint density at radius 1 is 1.18 bits per heavy atom. The molecular formula is C15H26N2. The Morgan fingerprint density at radius 3 is 2.53 bits per heavy atom. The fraction of sp³-hybridized carbons (Fsp3) is 0.600. The van der Waals surface area contributed by atoms with Crippen LogP contribution in [0.4, 0.5) is 5.69 Å². The topological polar surface area (TPSA) is 15.3 Å². The molecule has 2 heteroatoms. The van der Waals surface area contributed by atoms with E-state index in [-0.39, 0.29) is 0 Å². The summed E-state index contributed by atoms with van der Waals surface area (Å²) in [6, 6.07) is 8.98. The molecule has 1 aliphatic heterocycles. The molecule has 96 valence electrons. The van der Waals surface area contributed by atoms with Crippen molar-refractivity contribution in [2.24, 2.45) is 0 Å². The summed E-state index contributed by atoms with van der Waals surface area (Å²) in [6.07, 6.45) is 2.42. The second-order valence-electron chi connectivity index (χ2n) is 4.16. The van der Waals surface area contributed by atoms with Crippen LogP contribution in [0.1, 0.15) is 32.8 Å². The Labute approximate surface area is 106 Å². The van der Waals surface area contributed by atoms with E-state index in [2.05, 4.69) is 41.4 Å². The van der Waals surface area contributed by atoms with Gasteiger partial charge in [-0.1, -0.05) is 39.3 Å². The highest BCUT2D eigenvalue weighted by Gasteiger charge is 2.09. The average molecular weight is 234 g/mol. The Bertz CT molecular complexity index is 304. The number of anilines is 1. The van der Waals surface area contributed by atoms with Crippen molar-refractivity contribution in [1.29, 1.82) is 0 Å². The van der Waals surface area contributed by atoms with Crippen LogP contribution in [0.15, 0.2) is 24.3 Å². The molecule has 0 unspecified atom stereocenters. The molecule has 0 aromatic heterocycles. The zero-order chi connectivity index (χ0) is 12.5. The van der Waals surface area contributed by atoms with Gasteiger partial charge >= 0.3 is 0 Å². The lowest BCUT2D eigenvalue weighted by molar-refractivity contribution is 0.589. The van der Waals surface area contributed by atoms with Crippen LogP contribution in [0.25, 0.3) is 0 Å². The summed E-state index contributed by atoms with van der Waals surface area (Å²) in [5, 5.41) is 3.38. The van der Waals surface area contributed by atoms with E-state index < -0.39 is 0 Å². The number of aryl methyl sites for hydroxylation is 1. The van der Waals surface area contributed by atoms with Crippen molar-refractivity contribution in [3.8, 4) is 0 Å². The zero-order valence-corrected chi connectivity index (χ0v) is 11.5. The number of nitrogens with one attached hydrogen (secondary N) is 1. The molecule has 1 heterocycles. The quantitative estimate of drug-likeness (QED) is 0.864. The minimum atomic E-state index is 1.11. The fourth-order valence-corrected chi connectivity index (χ4v) is 2.12. The van der Waals surface area contributed by atoms with E-state index >= 15 is 0 Å². The van der Waals surface area contributed by atoms with Crippen molar-refractivity contribution in [2.75, 3.05) is 31.1 Å². The largest absolute Gasteiger partial charge is 0.369 e. The van der Waals surface area contributed by atoms with Gasteiger partial charge in [-0.15, -0.1) is 0 Å². The number of hydrogen-bond acceptors (Lipinski definition) is 2. The van der Waals surface area contributed by atoms with Gasteiger partial charge in [-0.2, -0.15) is 0 Å². The maximum Gasteiger partial charge on any atom is 0.0369 e. The molecule has 2 rings (SSSR count). The van der Waals surface area contributed by atoms with Gasteiger partial charge in [0, 0.05) is 31.9 Å². The molecule has 1 saturated heterocycles. The average Bonchev–Trinajstić information content (AvgIpc) is 2.43. The van der Waals surface area contributed by atoms with Crippen molar-refractivity contribution in [3.05, 3.63) is 29.8 Å². The maximum absolute atomic E-state index is 3.38. The van der Waals surface area contributed by atoms with Crippen LogP contribution >= 0.6 is 0 Å². The standard InChI is InChI=1S/C13H20N2.C2H6/c1-2-4-12-5-3-6-13(11-12)15-9-7-14-8-10-15;1-2/h3,5-6,11,14H,2,4,7-10H2,1H3;1-2H3. The van der Waals surface area contributed by atoms with E-state index in [9.17, 15) is 0 Å². The van der Waals surface area contributed by atoms with E-state index in [4.69, 9.17) is 0 Å². The fourth-order valence-electron chi connectivity index (χ4n) is 2.12. The van der Waals surface area contributed by atoms with E-state index in [1.54, 1.807) is 0 Å². The molecule has 1 aliphatic rings. The molecule has 0 bridgehead atoms. The van der Waals surface area contributed by atoms with Gasteiger partial charge in [0.05, 0.1) is 0 Å². The summed E-state index contributed by atoms with van der Waals surface area (Å²) in [6.45, 7) is 10.7. The summed E-state index contributed by atoms with van der Waals surface area (Å²) < 4.78 is 0. The third-order valence-electron chi connectivity index (χ3n) is 2.93. The van der Waals surface area contributed by atoms with E-state index in [0.29, 0.717) is 0 Å². The summed E-state index contributed by atoms with van der Waals surface area (Å²) in [5.41, 5.74) is 2.86.